The number of nitrogens with zero attached hydrogens (tertiary/aromatic N) is 3. The summed E-state index contributed by atoms with van der Waals surface area (Å²) in [4.78, 5) is 2.42. The van der Waals surface area contributed by atoms with Crippen LogP contribution in [-0.2, 0) is 0 Å². The summed E-state index contributed by atoms with van der Waals surface area (Å²) >= 11 is 1.72. The van der Waals surface area contributed by atoms with Crippen molar-refractivity contribution in [1.29, 1.82) is 0 Å². The van der Waals surface area contributed by atoms with Gasteiger partial charge in [0.05, 0.1) is 0 Å². The average Bonchev–Trinajstić information content (AvgIpc) is 2.75. The largest absolute Gasteiger partial charge is 0.346 e. The second-order valence-electron chi connectivity index (χ2n) is 4.80. The number of nitrogens with one attached hydrogen (secondary N) is 1. The molecule has 2 aliphatic rings. The van der Waals surface area contributed by atoms with Crippen LogP contribution in [0.15, 0.2) is 0 Å². The predicted molar refractivity (Wildman–Crippen MR) is 66.0 cm³/mol. The molecule has 0 aromatic carbocycles. The van der Waals surface area contributed by atoms with E-state index in [1.807, 2.05) is 6.92 Å². The van der Waals surface area contributed by atoms with Crippen molar-refractivity contribution in [1.82, 2.24) is 15.5 Å². The summed E-state index contributed by atoms with van der Waals surface area (Å²) in [6.45, 7) is 5.52. The Hall–Kier alpha value is -0.680. The highest BCUT2D eigenvalue weighted by atomic mass is 32.1. The van der Waals surface area contributed by atoms with E-state index in [0.717, 1.165) is 35.2 Å². The minimum atomic E-state index is 0.749. The van der Waals surface area contributed by atoms with Gasteiger partial charge in [-0.3, -0.25) is 0 Å². The van der Waals surface area contributed by atoms with E-state index in [1.54, 1.807) is 11.3 Å². The monoisotopic (exact) mass is 238 g/mol. The molecular formula is C11H18N4S. The quantitative estimate of drug-likeness (QED) is 0.803. The van der Waals surface area contributed by atoms with Crippen LogP contribution >= 0.6 is 11.3 Å². The zero-order valence-corrected chi connectivity index (χ0v) is 10.5. The van der Waals surface area contributed by atoms with Crippen LogP contribution in [0.2, 0.25) is 0 Å². The molecule has 2 fully saturated rings. The highest BCUT2D eigenvalue weighted by molar-refractivity contribution is 7.15. The summed E-state index contributed by atoms with van der Waals surface area (Å²) in [5.74, 6) is 0.812. The maximum absolute atomic E-state index is 4.25. The average molecular weight is 238 g/mol. The molecule has 16 heavy (non-hydrogen) atoms. The maximum atomic E-state index is 4.25. The summed E-state index contributed by atoms with van der Waals surface area (Å²) in [5, 5.41) is 14.2. The van der Waals surface area contributed by atoms with Crippen LogP contribution in [0.25, 0.3) is 0 Å². The number of hydrogen-bond acceptors (Lipinski definition) is 5. The molecule has 0 amide bonds. The third kappa shape index (κ3) is 1.94. The van der Waals surface area contributed by atoms with Gasteiger partial charge in [-0.25, -0.2) is 0 Å². The molecule has 0 aliphatic carbocycles. The van der Waals surface area contributed by atoms with Gasteiger partial charge in [0.1, 0.15) is 5.01 Å². The van der Waals surface area contributed by atoms with Crippen molar-refractivity contribution in [3.8, 4) is 0 Å². The van der Waals surface area contributed by atoms with Crippen LogP contribution in [0.1, 0.15) is 24.3 Å². The van der Waals surface area contributed by atoms with Crippen molar-refractivity contribution < 1.29 is 0 Å². The van der Waals surface area contributed by atoms with Crippen LogP contribution in [0.5, 0.6) is 0 Å². The molecule has 1 aromatic heterocycles. The molecule has 0 spiro atoms. The topological polar surface area (TPSA) is 41.1 Å². The summed E-state index contributed by atoms with van der Waals surface area (Å²) in [6, 6.07) is 0.749. The lowest BCUT2D eigenvalue weighted by Gasteiger charge is -2.41. The van der Waals surface area contributed by atoms with Crippen LogP contribution in [0.4, 0.5) is 5.13 Å². The number of fused-ring (bicyclic) bond motifs is 1. The maximum Gasteiger partial charge on any atom is 0.208 e. The van der Waals surface area contributed by atoms with Gasteiger partial charge in [-0.05, 0) is 38.6 Å². The Bertz CT molecular complexity index is 365. The van der Waals surface area contributed by atoms with Crippen LogP contribution < -0.4 is 10.2 Å². The van der Waals surface area contributed by atoms with Crippen molar-refractivity contribution >= 4 is 16.5 Å². The SMILES string of the molecule is Cc1nnc(N2CCC3NCCCC3C2)s1. The van der Waals surface area contributed by atoms with Gasteiger partial charge in [0.2, 0.25) is 5.13 Å². The number of aryl methyl sites for hydroxylation is 1. The molecule has 3 heterocycles. The molecule has 5 heteroatoms. The lowest BCUT2D eigenvalue weighted by molar-refractivity contribution is 0.244. The summed E-state index contributed by atoms with van der Waals surface area (Å²) < 4.78 is 0. The number of rotatable bonds is 1. The second kappa shape index (κ2) is 4.30. The Balaban J connectivity index is 1.70. The first-order valence-corrected chi connectivity index (χ1v) is 6.93. The predicted octanol–water partition coefficient (Wildman–Crippen LogP) is 1.42. The molecule has 2 saturated heterocycles. The molecule has 1 N–H and O–H groups in total. The van der Waals surface area contributed by atoms with E-state index in [-0.39, 0.29) is 0 Å². The van der Waals surface area contributed by atoms with Crippen molar-refractivity contribution in [3.63, 3.8) is 0 Å². The molecule has 0 bridgehead atoms. The molecule has 2 aliphatic heterocycles. The van der Waals surface area contributed by atoms with E-state index in [2.05, 4.69) is 20.4 Å². The third-order valence-electron chi connectivity index (χ3n) is 3.68. The van der Waals surface area contributed by atoms with Crippen molar-refractivity contribution in [3.05, 3.63) is 5.01 Å². The van der Waals surface area contributed by atoms with E-state index in [9.17, 15) is 0 Å². The molecule has 4 nitrogen and oxygen atoms in total. The number of hydrogen-bond donors (Lipinski definition) is 1. The fraction of sp³-hybridized carbons (Fsp3) is 0.818. The highest BCUT2D eigenvalue weighted by Gasteiger charge is 2.31. The minimum absolute atomic E-state index is 0.749. The molecule has 2 atom stereocenters. The first-order chi connectivity index (χ1) is 7.83. The summed E-state index contributed by atoms with van der Waals surface area (Å²) in [7, 11) is 0. The van der Waals surface area contributed by atoms with Crippen molar-refractivity contribution in [2.75, 3.05) is 24.5 Å². The van der Waals surface area contributed by atoms with Gasteiger partial charge in [0, 0.05) is 19.1 Å². The first-order valence-electron chi connectivity index (χ1n) is 6.11. The Morgan fingerprint density at radius 1 is 1.38 bits per heavy atom. The lowest BCUT2D eigenvalue weighted by Crippen LogP contribution is -2.52. The summed E-state index contributed by atoms with van der Waals surface area (Å²) in [6.07, 6.45) is 3.94. The zero-order valence-electron chi connectivity index (χ0n) is 9.65. The van der Waals surface area contributed by atoms with Gasteiger partial charge in [0.25, 0.3) is 0 Å². The second-order valence-corrected chi connectivity index (χ2v) is 5.96. The van der Waals surface area contributed by atoms with E-state index in [0.29, 0.717) is 0 Å². The van der Waals surface area contributed by atoms with Gasteiger partial charge in [0.15, 0.2) is 0 Å². The van der Waals surface area contributed by atoms with Crippen LogP contribution in [-0.4, -0.2) is 35.9 Å². The Kier molecular flexibility index (Phi) is 2.81. The Morgan fingerprint density at radius 3 is 3.12 bits per heavy atom. The van der Waals surface area contributed by atoms with Gasteiger partial charge < -0.3 is 10.2 Å². The summed E-state index contributed by atoms with van der Waals surface area (Å²) in [5.41, 5.74) is 0. The molecule has 2 unspecified atom stereocenters. The third-order valence-corrected chi connectivity index (χ3v) is 4.58. The number of piperidine rings is 2. The molecule has 88 valence electrons. The Labute approximate surface area is 100 Å². The molecular weight excluding hydrogens is 220 g/mol. The van der Waals surface area contributed by atoms with Crippen LogP contribution in [0, 0.1) is 12.8 Å². The standard InChI is InChI=1S/C11H18N4S/c1-8-13-14-11(16-8)15-6-4-10-9(7-15)3-2-5-12-10/h9-10,12H,2-7H2,1H3. The fourth-order valence-corrected chi connectivity index (χ4v) is 3.56. The smallest absolute Gasteiger partial charge is 0.208 e. The van der Waals surface area contributed by atoms with Crippen molar-refractivity contribution in [2.45, 2.75) is 32.2 Å². The number of anilines is 1. The first kappa shape index (κ1) is 10.5. The van der Waals surface area contributed by atoms with E-state index < -0.39 is 0 Å². The van der Waals surface area contributed by atoms with Crippen molar-refractivity contribution in [2.24, 2.45) is 5.92 Å². The number of aromatic nitrogens is 2. The zero-order chi connectivity index (χ0) is 11.0. The normalized spacial score (nSPS) is 30.2. The Morgan fingerprint density at radius 2 is 2.31 bits per heavy atom. The molecule has 0 radical (unpaired) electrons. The van der Waals surface area contributed by atoms with Gasteiger partial charge >= 0.3 is 0 Å². The van der Waals surface area contributed by atoms with Gasteiger partial charge in [-0.2, -0.15) is 0 Å². The highest BCUT2D eigenvalue weighted by Crippen LogP contribution is 2.29. The molecule has 3 rings (SSSR count). The van der Waals surface area contributed by atoms with Crippen LogP contribution in [0.3, 0.4) is 0 Å². The molecule has 1 aromatic rings. The van der Waals surface area contributed by atoms with Gasteiger partial charge in [-0.15, -0.1) is 10.2 Å². The van der Waals surface area contributed by atoms with E-state index in [1.165, 1.54) is 25.8 Å². The fourth-order valence-electron chi connectivity index (χ4n) is 2.83. The van der Waals surface area contributed by atoms with Gasteiger partial charge in [-0.1, -0.05) is 11.3 Å². The lowest BCUT2D eigenvalue weighted by atomic mass is 9.86. The van der Waals surface area contributed by atoms with E-state index in [4.69, 9.17) is 0 Å². The molecule has 0 saturated carbocycles. The van der Waals surface area contributed by atoms with E-state index >= 15 is 0 Å². The minimum Gasteiger partial charge on any atom is -0.346 e.